The molecule has 3 rings (SSSR count). The maximum Gasteiger partial charge on any atom is 0.251 e. The first kappa shape index (κ1) is 12.9. The summed E-state index contributed by atoms with van der Waals surface area (Å²) in [6, 6.07) is 1.70. The number of aromatic nitrogens is 2. The molecule has 0 saturated heterocycles. The van der Waals surface area contributed by atoms with E-state index in [0.29, 0.717) is 11.8 Å². The quantitative estimate of drug-likeness (QED) is 0.896. The topological polar surface area (TPSA) is 45.8 Å². The minimum atomic E-state index is 0.0441. The summed E-state index contributed by atoms with van der Waals surface area (Å²) in [6.45, 7) is 2.27. The van der Waals surface area contributed by atoms with Gasteiger partial charge in [-0.2, -0.15) is 0 Å². The van der Waals surface area contributed by atoms with Gasteiger partial charge < -0.3 is 4.98 Å². The molecule has 2 aliphatic rings. The molecule has 2 fully saturated rings. The molecule has 2 saturated carbocycles. The minimum absolute atomic E-state index is 0.0441. The molecule has 0 aromatic carbocycles. The van der Waals surface area contributed by atoms with Gasteiger partial charge in [0.15, 0.2) is 0 Å². The second-order valence-corrected chi connectivity index (χ2v) is 6.34. The van der Waals surface area contributed by atoms with Crippen LogP contribution >= 0.6 is 0 Å². The van der Waals surface area contributed by atoms with Crippen molar-refractivity contribution < 1.29 is 0 Å². The minimum Gasteiger partial charge on any atom is -0.310 e. The van der Waals surface area contributed by atoms with Crippen molar-refractivity contribution in [2.24, 2.45) is 5.92 Å². The Kier molecular flexibility index (Phi) is 3.72. The highest BCUT2D eigenvalue weighted by atomic mass is 16.1. The van der Waals surface area contributed by atoms with Crippen LogP contribution in [0.1, 0.15) is 81.6 Å². The number of rotatable bonds is 4. The van der Waals surface area contributed by atoms with Gasteiger partial charge in [-0.15, -0.1) is 0 Å². The SMILES string of the molecule is CCCC1CCC(c2nc(C3CC3)cc(=O)[nH]2)CC1. The smallest absolute Gasteiger partial charge is 0.251 e. The number of hydrogen-bond donors (Lipinski definition) is 1. The molecule has 1 heterocycles. The Labute approximate surface area is 114 Å². The molecule has 0 atom stereocenters. The average molecular weight is 260 g/mol. The third-order valence-electron chi connectivity index (χ3n) is 4.71. The van der Waals surface area contributed by atoms with E-state index < -0.39 is 0 Å². The van der Waals surface area contributed by atoms with Gasteiger partial charge in [-0.1, -0.05) is 19.8 Å². The first-order valence-corrected chi connectivity index (χ1v) is 7.87. The van der Waals surface area contributed by atoms with Crippen LogP contribution in [0.15, 0.2) is 10.9 Å². The summed E-state index contributed by atoms with van der Waals surface area (Å²) in [6.07, 6.45) is 10.1. The van der Waals surface area contributed by atoms with Gasteiger partial charge in [0.25, 0.3) is 5.56 Å². The van der Waals surface area contributed by atoms with Gasteiger partial charge in [-0.25, -0.2) is 4.98 Å². The van der Waals surface area contributed by atoms with E-state index >= 15 is 0 Å². The molecule has 0 aliphatic heterocycles. The lowest BCUT2D eigenvalue weighted by Gasteiger charge is -2.27. The first-order valence-electron chi connectivity index (χ1n) is 7.87. The fourth-order valence-electron chi connectivity index (χ4n) is 3.41. The van der Waals surface area contributed by atoms with E-state index in [1.54, 1.807) is 6.07 Å². The number of nitrogens with one attached hydrogen (secondary N) is 1. The molecule has 2 aliphatic carbocycles. The van der Waals surface area contributed by atoms with Crippen molar-refractivity contribution in [2.45, 2.75) is 70.1 Å². The molecule has 0 bridgehead atoms. The Morgan fingerprint density at radius 2 is 1.84 bits per heavy atom. The van der Waals surface area contributed by atoms with Crippen molar-refractivity contribution in [3.63, 3.8) is 0 Å². The Balaban J connectivity index is 1.70. The van der Waals surface area contributed by atoms with E-state index in [1.165, 1.54) is 51.4 Å². The van der Waals surface area contributed by atoms with Gasteiger partial charge in [-0.05, 0) is 44.4 Å². The van der Waals surface area contributed by atoms with Crippen LogP contribution in [0.25, 0.3) is 0 Å². The monoisotopic (exact) mass is 260 g/mol. The maximum atomic E-state index is 11.8. The number of H-pyrrole nitrogens is 1. The lowest BCUT2D eigenvalue weighted by Crippen LogP contribution is -2.19. The van der Waals surface area contributed by atoms with E-state index in [4.69, 9.17) is 4.98 Å². The van der Waals surface area contributed by atoms with E-state index in [0.717, 1.165) is 17.4 Å². The van der Waals surface area contributed by atoms with Crippen LogP contribution in [0.5, 0.6) is 0 Å². The molecule has 1 aromatic rings. The van der Waals surface area contributed by atoms with Crippen molar-refractivity contribution in [1.82, 2.24) is 9.97 Å². The molecule has 0 radical (unpaired) electrons. The summed E-state index contributed by atoms with van der Waals surface area (Å²) in [4.78, 5) is 19.5. The summed E-state index contributed by atoms with van der Waals surface area (Å²) in [5, 5.41) is 0. The summed E-state index contributed by atoms with van der Waals surface area (Å²) < 4.78 is 0. The molecule has 3 nitrogen and oxygen atoms in total. The van der Waals surface area contributed by atoms with Crippen LogP contribution in [0.3, 0.4) is 0 Å². The second-order valence-electron chi connectivity index (χ2n) is 6.34. The molecule has 1 aromatic heterocycles. The van der Waals surface area contributed by atoms with Crippen molar-refractivity contribution in [2.75, 3.05) is 0 Å². The summed E-state index contributed by atoms with van der Waals surface area (Å²) in [5.74, 6) is 2.92. The fourth-order valence-corrected chi connectivity index (χ4v) is 3.41. The van der Waals surface area contributed by atoms with E-state index in [-0.39, 0.29) is 5.56 Å². The van der Waals surface area contributed by atoms with Gasteiger partial charge in [0.05, 0.1) is 5.69 Å². The summed E-state index contributed by atoms with van der Waals surface area (Å²) in [5.41, 5.74) is 1.08. The number of aromatic amines is 1. The molecular formula is C16H24N2O. The average Bonchev–Trinajstić information content (AvgIpc) is 3.23. The lowest BCUT2D eigenvalue weighted by atomic mass is 9.80. The van der Waals surface area contributed by atoms with Crippen LogP contribution < -0.4 is 5.56 Å². The highest BCUT2D eigenvalue weighted by Gasteiger charge is 2.28. The van der Waals surface area contributed by atoms with Crippen LogP contribution in [0.2, 0.25) is 0 Å². The second kappa shape index (κ2) is 5.48. The van der Waals surface area contributed by atoms with Crippen LogP contribution in [0.4, 0.5) is 0 Å². The molecule has 0 spiro atoms. The molecule has 0 amide bonds. The first-order chi connectivity index (χ1) is 9.26. The maximum absolute atomic E-state index is 11.8. The van der Waals surface area contributed by atoms with Crippen LogP contribution in [-0.2, 0) is 0 Å². The van der Waals surface area contributed by atoms with Crippen molar-refractivity contribution in [3.05, 3.63) is 27.9 Å². The van der Waals surface area contributed by atoms with Gasteiger partial charge in [-0.3, -0.25) is 4.79 Å². The zero-order valence-corrected chi connectivity index (χ0v) is 11.8. The van der Waals surface area contributed by atoms with Gasteiger partial charge in [0.1, 0.15) is 5.82 Å². The zero-order valence-electron chi connectivity index (χ0n) is 11.8. The number of nitrogens with zero attached hydrogens (tertiary/aromatic N) is 1. The summed E-state index contributed by atoms with van der Waals surface area (Å²) >= 11 is 0. The van der Waals surface area contributed by atoms with Gasteiger partial charge in [0, 0.05) is 17.9 Å². The van der Waals surface area contributed by atoms with Crippen molar-refractivity contribution in [1.29, 1.82) is 0 Å². The Bertz CT molecular complexity index is 482. The largest absolute Gasteiger partial charge is 0.310 e. The predicted octanol–water partition coefficient (Wildman–Crippen LogP) is 3.72. The third kappa shape index (κ3) is 3.07. The highest BCUT2D eigenvalue weighted by Crippen LogP contribution is 2.40. The molecular weight excluding hydrogens is 236 g/mol. The predicted molar refractivity (Wildman–Crippen MR) is 76.4 cm³/mol. The lowest BCUT2D eigenvalue weighted by molar-refractivity contribution is 0.301. The van der Waals surface area contributed by atoms with Crippen molar-refractivity contribution in [3.8, 4) is 0 Å². The Morgan fingerprint density at radius 3 is 2.47 bits per heavy atom. The van der Waals surface area contributed by atoms with Crippen LogP contribution in [0, 0.1) is 5.92 Å². The van der Waals surface area contributed by atoms with Crippen molar-refractivity contribution >= 4 is 0 Å². The Morgan fingerprint density at radius 1 is 1.16 bits per heavy atom. The Hall–Kier alpha value is -1.12. The van der Waals surface area contributed by atoms with Crippen LogP contribution in [-0.4, -0.2) is 9.97 Å². The molecule has 1 N–H and O–H groups in total. The molecule has 0 unspecified atom stereocenters. The summed E-state index contributed by atoms with van der Waals surface area (Å²) in [7, 11) is 0. The standard InChI is InChI=1S/C16H24N2O/c1-2-3-11-4-6-13(7-5-11)16-17-14(12-8-9-12)10-15(19)18-16/h10-13H,2-9H2,1H3,(H,17,18,19). The highest BCUT2D eigenvalue weighted by molar-refractivity contribution is 5.15. The van der Waals surface area contributed by atoms with E-state index in [1.807, 2.05) is 0 Å². The third-order valence-corrected chi connectivity index (χ3v) is 4.71. The number of hydrogen-bond acceptors (Lipinski definition) is 2. The normalized spacial score (nSPS) is 27.4. The van der Waals surface area contributed by atoms with Gasteiger partial charge >= 0.3 is 0 Å². The zero-order chi connectivity index (χ0) is 13.2. The van der Waals surface area contributed by atoms with Gasteiger partial charge in [0.2, 0.25) is 0 Å². The molecule has 104 valence electrons. The fraction of sp³-hybridized carbons (Fsp3) is 0.750. The molecule has 19 heavy (non-hydrogen) atoms. The van der Waals surface area contributed by atoms with E-state index in [2.05, 4.69) is 11.9 Å². The molecule has 3 heteroatoms. The van der Waals surface area contributed by atoms with E-state index in [9.17, 15) is 4.79 Å².